The monoisotopic (exact) mass is 800 g/mol. The molecule has 0 amide bonds. The van der Waals surface area contributed by atoms with Gasteiger partial charge in [-0.15, -0.1) is 0 Å². The zero-order valence-electron chi connectivity index (χ0n) is 35.5. The van der Waals surface area contributed by atoms with E-state index in [0.717, 1.165) is 69.0 Å². The van der Waals surface area contributed by atoms with E-state index in [0.29, 0.717) is 11.6 Å². The Morgan fingerprint density at radius 2 is 0.887 bits per heavy atom. The van der Waals surface area contributed by atoms with Gasteiger partial charge in [-0.25, -0.2) is 19.9 Å². The van der Waals surface area contributed by atoms with Crippen LogP contribution in [0, 0.1) is 0 Å². The maximum atomic E-state index is 5.17. The van der Waals surface area contributed by atoms with Gasteiger partial charge in [0.2, 0.25) is 0 Å². The van der Waals surface area contributed by atoms with Gasteiger partial charge in [0.15, 0.2) is 11.6 Å². The molecule has 300 valence electrons. The molecule has 0 aliphatic heterocycles. The quantitative estimate of drug-likeness (QED) is 0.116. The van der Waals surface area contributed by atoms with E-state index in [9.17, 15) is 0 Å². The Hall–Kier alpha value is -7.56. The lowest BCUT2D eigenvalue weighted by Gasteiger charge is -2.34. The molecule has 0 aliphatic rings. The highest BCUT2D eigenvalue weighted by atomic mass is 14.9. The van der Waals surface area contributed by atoms with Crippen molar-refractivity contribution < 1.29 is 0 Å². The summed E-state index contributed by atoms with van der Waals surface area (Å²) in [6.07, 6.45) is 8.08. The van der Waals surface area contributed by atoms with Crippen molar-refractivity contribution in [1.82, 2.24) is 19.9 Å². The summed E-state index contributed by atoms with van der Waals surface area (Å²) >= 11 is 0. The molecule has 62 heavy (non-hydrogen) atoms. The Morgan fingerprint density at radius 3 is 1.39 bits per heavy atom. The molecule has 0 atom stereocenters. The molecule has 9 rings (SSSR count). The second-order valence-corrected chi connectivity index (χ2v) is 15.8. The number of hydrogen-bond donors (Lipinski definition) is 0. The standard InChI is InChI=1S/C58H48N4/c1-5-41(56-59-52(44-20-10-8-11-21-44)38-54(61-56)49-30-28-42-18-14-16-24-47(42)36-49)27-26-40(4)58(6-2,7-3)51-34-32-46(33-35-51)57-60-53(45-22-12-9-13-23-45)39-55(62-57)50-31-29-43-19-15-17-25-48(43)37-50/h5,8-39H,1,6-7H2,2-4H3/b40-26+,41-27+. The van der Waals surface area contributed by atoms with Crippen molar-refractivity contribution in [3.8, 4) is 56.4 Å². The first-order chi connectivity index (χ1) is 30.4. The van der Waals surface area contributed by atoms with E-state index in [1.807, 2.05) is 30.3 Å². The Balaban J connectivity index is 1.07. The van der Waals surface area contributed by atoms with Crippen molar-refractivity contribution in [3.63, 3.8) is 0 Å². The van der Waals surface area contributed by atoms with Gasteiger partial charge in [-0.3, -0.25) is 0 Å². The van der Waals surface area contributed by atoms with Crippen molar-refractivity contribution in [3.05, 3.63) is 224 Å². The molecule has 0 radical (unpaired) electrons. The Bertz CT molecular complexity index is 3100. The summed E-state index contributed by atoms with van der Waals surface area (Å²) in [5, 5.41) is 4.76. The first-order valence-corrected chi connectivity index (χ1v) is 21.4. The molecule has 2 aromatic heterocycles. The van der Waals surface area contributed by atoms with Crippen molar-refractivity contribution >= 4 is 27.1 Å². The van der Waals surface area contributed by atoms with E-state index in [4.69, 9.17) is 19.9 Å². The molecule has 9 aromatic rings. The minimum absolute atomic E-state index is 0.201. The lowest BCUT2D eigenvalue weighted by Crippen LogP contribution is -2.26. The van der Waals surface area contributed by atoms with E-state index < -0.39 is 0 Å². The fourth-order valence-electron chi connectivity index (χ4n) is 8.65. The second-order valence-electron chi connectivity index (χ2n) is 15.8. The lowest BCUT2D eigenvalue weighted by molar-refractivity contribution is 0.467. The fraction of sp³-hybridized carbons (Fsp3) is 0.103. The van der Waals surface area contributed by atoms with Gasteiger partial charge >= 0.3 is 0 Å². The minimum Gasteiger partial charge on any atom is -0.228 e. The second kappa shape index (κ2) is 17.6. The Morgan fingerprint density at radius 1 is 0.452 bits per heavy atom. The molecular formula is C58H48N4. The zero-order valence-corrected chi connectivity index (χ0v) is 35.5. The molecule has 0 bridgehead atoms. The highest BCUT2D eigenvalue weighted by Crippen LogP contribution is 2.40. The molecule has 0 saturated heterocycles. The summed E-state index contributed by atoms with van der Waals surface area (Å²) in [5.74, 6) is 1.34. The summed E-state index contributed by atoms with van der Waals surface area (Å²) in [4.78, 5) is 20.6. The van der Waals surface area contributed by atoms with Crippen LogP contribution in [-0.2, 0) is 5.41 Å². The van der Waals surface area contributed by atoms with Gasteiger partial charge in [-0.1, -0.05) is 202 Å². The predicted molar refractivity (Wildman–Crippen MR) is 260 cm³/mol. The predicted octanol–water partition coefficient (Wildman–Crippen LogP) is 15.2. The third-order valence-corrected chi connectivity index (χ3v) is 12.3. The van der Waals surface area contributed by atoms with Crippen LogP contribution in [-0.4, -0.2) is 19.9 Å². The first-order valence-electron chi connectivity index (χ1n) is 21.4. The molecule has 0 saturated carbocycles. The first kappa shape index (κ1) is 39.9. The molecule has 4 heteroatoms. The average molecular weight is 801 g/mol. The maximum absolute atomic E-state index is 5.17. The van der Waals surface area contributed by atoms with Gasteiger partial charge in [-0.05, 0) is 71.1 Å². The van der Waals surface area contributed by atoms with Crippen molar-refractivity contribution in [2.75, 3.05) is 0 Å². The molecule has 7 aromatic carbocycles. The van der Waals surface area contributed by atoms with Gasteiger partial charge in [0.1, 0.15) is 0 Å². The Labute approximate surface area is 364 Å². The van der Waals surface area contributed by atoms with Gasteiger partial charge in [0.05, 0.1) is 22.8 Å². The number of aromatic nitrogens is 4. The van der Waals surface area contributed by atoms with Crippen LogP contribution in [0.2, 0.25) is 0 Å². The molecule has 0 N–H and O–H groups in total. The number of rotatable bonds is 12. The van der Waals surface area contributed by atoms with Gasteiger partial charge in [0.25, 0.3) is 0 Å². The summed E-state index contributed by atoms with van der Waals surface area (Å²) in [6.45, 7) is 11.0. The van der Waals surface area contributed by atoms with Crippen LogP contribution in [0.5, 0.6) is 0 Å². The van der Waals surface area contributed by atoms with E-state index in [-0.39, 0.29) is 5.41 Å². The number of benzene rings is 7. The molecule has 0 fully saturated rings. The Kier molecular flexibility index (Phi) is 11.3. The molecule has 0 unspecified atom stereocenters. The van der Waals surface area contributed by atoms with Gasteiger partial charge in [-0.2, -0.15) is 0 Å². The number of allylic oxidation sites excluding steroid dienone is 5. The van der Waals surface area contributed by atoms with Crippen molar-refractivity contribution in [2.24, 2.45) is 0 Å². The number of nitrogens with zero attached hydrogens (tertiary/aromatic N) is 4. The smallest absolute Gasteiger partial charge is 0.160 e. The van der Waals surface area contributed by atoms with E-state index >= 15 is 0 Å². The number of fused-ring (bicyclic) bond motifs is 2. The van der Waals surface area contributed by atoms with Gasteiger partial charge < -0.3 is 0 Å². The van der Waals surface area contributed by atoms with E-state index in [2.05, 4.69) is 197 Å². The topological polar surface area (TPSA) is 51.6 Å². The summed E-state index contributed by atoms with van der Waals surface area (Å²) < 4.78 is 0. The third kappa shape index (κ3) is 8.03. The van der Waals surface area contributed by atoms with Crippen LogP contribution in [0.15, 0.2) is 212 Å². The number of hydrogen-bond acceptors (Lipinski definition) is 4. The van der Waals surface area contributed by atoms with Crippen LogP contribution < -0.4 is 0 Å². The van der Waals surface area contributed by atoms with Crippen LogP contribution in [0.4, 0.5) is 0 Å². The third-order valence-electron chi connectivity index (χ3n) is 12.3. The molecular weight excluding hydrogens is 753 g/mol. The van der Waals surface area contributed by atoms with E-state index in [1.165, 1.54) is 32.7 Å². The molecule has 2 heterocycles. The summed E-state index contributed by atoms with van der Waals surface area (Å²) in [7, 11) is 0. The SMILES string of the molecule is C=C/C(=C\C=C(/C)C(CC)(CC)c1ccc(-c2nc(-c3ccccc3)cc(-c3ccc4ccccc4c3)n2)cc1)c1nc(-c2ccccc2)cc(-c2ccc3ccccc3c2)n1. The fourth-order valence-corrected chi connectivity index (χ4v) is 8.65. The summed E-state index contributed by atoms with van der Waals surface area (Å²) in [5.41, 5.74) is 11.9. The van der Waals surface area contributed by atoms with Crippen LogP contribution in [0.1, 0.15) is 45.0 Å². The average Bonchev–Trinajstić information content (AvgIpc) is 3.35. The highest BCUT2D eigenvalue weighted by molar-refractivity contribution is 5.89. The van der Waals surface area contributed by atoms with Gasteiger partial charge in [0, 0.05) is 38.8 Å². The van der Waals surface area contributed by atoms with Crippen molar-refractivity contribution in [1.29, 1.82) is 0 Å². The van der Waals surface area contributed by atoms with Crippen LogP contribution in [0.3, 0.4) is 0 Å². The molecule has 4 nitrogen and oxygen atoms in total. The lowest BCUT2D eigenvalue weighted by atomic mass is 9.70. The normalized spacial score (nSPS) is 12.2. The van der Waals surface area contributed by atoms with Crippen molar-refractivity contribution in [2.45, 2.75) is 39.0 Å². The minimum atomic E-state index is -0.201. The molecule has 0 spiro atoms. The largest absolute Gasteiger partial charge is 0.228 e. The van der Waals surface area contributed by atoms with E-state index in [1.54, 1.807) is 0 Å². The molecule has 0 aliphatic carbocycles. The van der Waals surface area contributed by atoms with Crippen LogP contribution in [0.25, 0.3) is 83.5 Å². The van der Waals surface area contributed by atoms with Crippen LogP contribution >= 0.6 is 0 Å². The zero-order chi connectivity index (χ0) is 42.5. The summed E-state index contributed by atoms with van der Waals surface area (Å²) in [6, 6.07) is 63.6. The maximum Gasteiger partial charge on any atom is 0.160 e. The highest BCUT2D eigenvalue weighted by Gasteiger charge is 2.30.